The zero-order valence-electron chi connectivity index (χ0n) is 13.3. The normalized spacial score (nSPS) is 27.9. The molecule has 0 radical (unpaired) electrons. The fraction of sp³-hybridized carbons (Fsp3) is 0.667. The molecule has 0 saturated carbocycles. The van der Waals surface area contributed by atoms with E-state index in [9.17, 15) is 8.42 Å². The number of hydrogen-bond donors (Lipinski definition) is 0. The molecule has 2 saturated heterocycles. The van der Waals surface area contributed by atoms with Gasteiger partial charge in [0.05, 0.1) is 26.1 Å². The van der Waals surface area contributed by atoms with Gasteiger partial charge >= 0.3 is 0 Å². The summed E-state index contributed by atoms with van der Waals surface area (Å²) in [6, 6.07) is 3.96. The van der Waals surface area contributed by atoms with Gasteiger partial charge in [0, 0.05) is 45.1 Å². The van der Waals surface area contributed by atoms with Gasteiger partial charge in [0.25, 0.3) is 0 Å². The van der Waals surface area contributed by atoms with Crippen molar-refractivity contribution in [3.63, 3.8) is 0 Å². The molecule has 0 amide bonds. The Morgan fingerprint density at radius 3 is 2.91 bits per heavy atom. The van der Waals surface area contributed by atoms with Gasteiger partial charge in [-0.05, 0) is 11.6 Å². The monoisotopic (exact) mass is 341 g/mol. The molecule has 8 heteroatoms. The quantitative estimate of drug-likeness (QED) is 0.767. The molecule has 128 valence electrons. The summed E-state index contributed by atoms with van der Waals surface area (Å²) in [4.78, 5) is 6.39. The maximum absolute atomic E-state index is 11.9. The number of sulfonamides is 1. The molecule has 2 fully saturated rings. The summed E-state index contributed by atoms with van der Waals surface area (Å²) < 4.78 is 37.0. The highest BCUT2D eigenvalue weighted by Crippen LogP contribution is 2.24. The Labute approximate surface area is 137 Å². The van der Waals surface area contributed by atoms with Crippen molar-refractivity contribution in [2.24, 2.45) is 0 Å². The van der Waals surface area contributed by atoms with Crippen LogP contribution >= 0.6 is 0 Å². The first-order chi connectivity index (χ1) is 11.0. The molecule has 0 N–H and O–H groups in total. The third-order valence-corrected chi connectivity index (χ3v) is 5.49. The van der Waals surface area contributed by atoms with Gasteiger partial charge in [0.2, 0.25) is 10.0 Å². The second kappa shape index (κ2) is 6.82. The third kappa shape index (κ3) is 4.27. The molecule has 0 aliphatic carbocycles. The lowest BCUT2D eigenvalue weighted by molar-refractivity contribution is -0.126. The van der Waals surface area contributed by atoms with E-state index in [0.29, 0.717) is 39.5 Å². The van der Waals surface area contributed by atoms with Crippen LogP contribution in [0.15, 0.2) is 24.5 Å². The van der Waals surface area contributed by atoms with Crippen molar-refractivity contribution in [2.45, 2.75) is 12.1 Å². The SMILES string of the molecule is CS(=O)(=O)N1CCOC2(COCCN(Cc3cccnc3)C2)C1. The summed E-state index contributed by atoms with van der Waals surface area (Å²) in [5, 5.41) is 0. The molecule has 7 nitrogen and oxygen atoms in total. The van der Waals surface area contributed by atoms with Crippen molar-refractivity contribution >= 4 is 10.0 Å². The molecule has 1 unspecified atom stereocenters. The zero-order chi connectivity index (χ0) is 16.3. The van der Waals surface area contributed by atoms with Crippen LogP contribution in [0.4, 0.5) is 0 Å². The molecule has 1 aromatic rings. The van der Waals surface area contributed by atoms with Crippen molar-refractivity contribution in [3.05, 3.63) is 30.1 Å². The molecular formula is C15H23N3O4S. The van der Waals surface area contributed by atoms with Crippen LogP contribution in [0.5, 0.6) is 0 Å². The molecule has 3 heterocycles. The van der Waals surface area contributed by atoms with Gasteiger partial charge in [-0.2, -0.15) is 4.31 Å². The fourth-order valence-electron chi connectivity index (χ4n) is 3.14. The number of pyridine rings is 1. The van der Waals surface area contributed by atoms with E-state index < -0.39 is 15.6 Å². The summed E-state index contributed by atoms with van der Waals surface area (Å²) in [5.74, 6) is 0. The van der Waals surface area contributed by atoms with E-state index >= 15 is 0 Å². The van der Waals surface area contributed by atoms with Crippen LogP contribution < -0.4 is 0 Å². The van der Waals surface area contributed by atoms with Crippen molar-refractivity contribution in [1.29, 1.82) is 0 Å². The predicted molar refractivity (Wildman–Crippen MR) is 85.4 cm³/mol. The average molecular weight is 341 g/mol. The van der Waals surface area contributed by atoms with Crippen LogP contribution in [0.3, 0.4) is 0 Å². The molecule has 3 rings (SSSR count). The fourth-order valence-corrected chi connectivity index (χ4v) is 4.02. The Morgan fingerprint density at radius 1 is 1.30 bits per heavy atom. The first kappa shape index (κ1) is 16.8. The van der Waals surface area contributed by atoms with Crippen LogP contribution in [0.1, 0.15) is 5.56 Å². The standard InChI is InChI=1S/C15H23N3O4S/c1-23(19,20)18-6-8-22-15(12-18)11-17(5-7-21-13-15)10-14-3-2-4-16-9-14/h2-4,9H,5-8,10-13H2,1H3. The Kier molecular flexibility index (Phi) is 4.98. The van der Waals surface area contributed by atoms with Crippen LogP contribution in [-0.4, -0.2) is 80.5 Å². The maximum Gasteiger partial charge on any atom is 0.211 e. The molecule has 2 aliphatic rings. The minimum absolute atomic E-state index is 0.343. The van der Waals surface area contributed by atoms with Crippen LogP contribution in [0.2, 0.25) is 0 Å². The van der Waals surface area contributed by atoms with E-state index in [4.69, 9.17) is 9.47 Å². The second-order valence-corrected chi connectivity index (χ2v) is 8.23. The Morgan fingerprint density at radius 2 is 2.17 bits per heavy atom. The van der Waals surface area contributed by atoms with Crippen molar-refractivity contribution < 1.29 is 17.9 Å². The Hall–Kier alpha value is -1.06. The minimum Gasteiger partial charge on any atom is -0.377 e. The van der Waals surface area contributed by atoms with Gasteiger partial charge in [-0.3, -0.25) is 9.88 Å². The molecule has 1 atom stereocenters. The molecule has 1 aromatic heterocycles. The lowest BCUT2D eigenvalue weighted by atomic mass is 10.0. The Bertz CT molecular complexity index is 625. The molecule has 23 heavy (non-hydrogen) atoms. The number of rotatable bonds is 3. The largest absolute Gasteiger partial charge is 0.377 e. The van der Waals surface area contributed by atoms with Gasteiger partial charge in [-0.1, -0.05) is 6.07 Å². The molecular weight excluding hydrogens is 318 g/mol. The van der Waals surface area contributed by atoms with Gasteiger partial charge in [-0.15, -0.1) is 0 Å². The van der Waals surface area contributed by atoms with Crippen molar-refractivity contribution in [1.82, 2.24) is 14.2 Å². The van der Waals surface area contributed by atoms with E-state index in [1.54, 1.807) is 6.20 Å². The summed E-state index contributed by atoms with van der Waals surface area (Å²) >= 11 is 0. The number of morpholine rings is 1. The first-order valence-corrected chi connectivity index (χ1v) is 9.60. The zero-order valence-corrected chi connectivity index (χ0v) is 14.2. The van der Waals surface area contributed by atoms with Gasteiger partial charge in [0.15, 0.2) is 0 Å². The van der Waals surface area contributed by atoms with Gasteiger partial charge < -0.3 is 9.47 Å². The molecule has 1 spiro atoms. The van der Waals surface area contributed by atoms with Crippen LogP contribution in [0, 0.1) is 0 Å². The molecule has 0 aromatic carbocycles. The Balaban J connectivity index is 1.73. The van der Waals surface area contributed by atoms with Crippen molar-refractivity contribution in [2.75, 3.05) is 52.3 Å². The summed E-state index contributed by atoms with van der Waals surface area (Å²) in [6.45, 7) is 4.37. The first-order valence-electron chi connectivity index (χ1n) is 7.75. The molecule has 0 bridgehead atoms. The third-order valence-electron chi connectivity index (χ3n) is 4.24. The predicted octanol–water partition coefficient (Wildman–Crippen LogP) is -0.0556. The lowest BCUT2D eigenvalue weighted by Crippen LogP contribution is -2.59. The highest BCUT2D eigenvalue weighted by Gasteiger charge is 2.42. The van der Waals surface area contributed by atoms with Crippen LogP contribution in [0.25, 0.3) is 0 Å². The maximum atomic E-state index is 11.9. The van der Waals surface area contributed by atoms with E-state index in [1.807, 2.05) is 18.3 Å². The second-order valence-electron chi connectivity index (χ2n) is 6.25. The highest BCUT2D eigenvalue weighted by atomic mass is 32.2. The van der Waals surface area contributed by atoms with Crippen molar-refractivity contribution in [3.8, 4) is 0 Å². The number of hydrogen-bond acceptors (Lipinski definition) is 6. The number of nitrogens with zero attached hydrogens (tertiary/aromatic N) is 3. The van der Waals surface area contributed by atoms with E-state index in [-0.39, 0.29) is 0 Å². The van der Waals surface area contributed by atoms with E-state index in [1.165, 1.54) is 10.6 Å². The highest BCUT2D eigenvalue weighted by molar-refractivity contribution is 7.88. The van der Waals surface area contributed by atoms with Gasteiger partial charge in [-0.25, -0.2) is 8.42 Å². The smallest absolute Gasteiger partial charge is 0.211 e. The molecule has 2 aliphatic heterocycles. The van der Waals surface area contributed by atoms with Gasteiger partial charge in [0.1, 0.15) is 5.60 Å². The lowest BCUT2D eigenvalue weighted by Gasteiger charge is -2.42. The van der Waals surface area contributed by atoms with E-state index in [2.05, 4.69) is 9.88 Å². The minimum atomic E-state index is -3.22. The average Bonchev–Trinajstić information content (AvgIpc) is 2.70. The number of ether oxygens (including phenoxy) is 2. The summed E-state index contributed by atoms with van der Waals surface area (Å²) in [6.07, 6.45) is 4.85. The van der Waals surface area contributed by atoms with E-state index in [0.717, 1.165) is 18.7 Å². The summed E-state index contributed by atoms with van der Waals surface area (Å²) in [5.41, 5.74) is 0.528. The number of aromatic nitrogens is 1. The topological polar surface area (TPSA) is 72.0 Å². The van der Waals surface area contributed by atoms with Crippen LogP contribution in [-0.2, 0) is 26.0 Å². The summed E-state index contributed by atoms with van der Waals surface area (Å²) in [7, 11) is -3.22.